The van der Waals surface area contributed by atoms with Crippen molar-refractivity contribution in [2.75, 3.05) is 26.4 Å². The van der Waals surface area contributed by atoms with Gasteiger partial charge < -0.3 is 19.9 Å². The van der Waals surface area contributed by atoms with E-state index < -0.39 is 0 Å². The van der Waals surface area contributed by atoms with Gasteiger partial charge in [-0.25, -0.2) is 0 Å². The lowest BCUT2D eigenvalue weighted by atomic mass is 10.2. The van der Waals surface area contributed by atoms with E-state index >= 15 is 0 Å². The van der Waals surface area contributed by atoms with Gasteiger partial charge in [-0.3, -0.25) is 0 Å². The standard InChI is InChI=1S/C19H25NO3/c1-16-2-4-18(5-3-16)15-23-19-8-6-17(7-9-19)14-20-10-12-22-13-11-21/h2-9,20-21H,10-15H2,1H3. The Bertz CT molecular complexity index is 552. The minimum Gasteiger partial charge on any atom is -0.489 e. The van der Waals surface area contributed by atoms with Gasteiger partial charge in [-0.15, -0.1) is 0 Å². The van der Waals surface area contributed by atoms with Gasteiger partial charge in [-0.2, -0.15) is 0 Å². The Balaban J connectivity index is 1.68. The molecule has 2 rings (SSSR count). The summed E-state index contributed by atoms with van der Waals surface area (Å²) in [4.78, 5) is 0. The summed E-state index contributed by atoms with van der Waals surface area (Å²) in [7, 11) is 0. The van der Waals surface area contributed by atoms with E-state index in [4.69, 9.17) is 14.6 Å². The van der Waals surface area contributed by atoms with E-state index in [9.17, 15) is 0 Å². The molecule has 2 N–H and O–H groups in total. The minimum absolute atomic E-state index is 0.0735. The molecule has 23 heavy (non-hydrogen) atoms. The molecule has 0 bridgehead atoms. The number of rotatable bonds is 10. The van der Waals surface area contributed by atoms with E-state index in [1.807, 2.05) is 12.1 Å². The molecule has 0 saturated carbocycles. The minimum atomic E-state index is 0.0735. The van der Waals surface area contributed by atoms with E-state index in [2.05, 4.69) is 48.6 Å². The second-order valence-corrected chi connectivity index (χ2v) is 5.43. The van der Waals surface area contributed by atoms with Gasteiger partial charge in [0.2, 0.25) is 0 Å². The smallest absolute Gasteiger partial charge is 0.119 e. The highest BCUT2D eigenvalue weighted by molar-refractivity contribution is 5.28. The molecule has 0 unspecified atom stereocenters. The number of aliphatic hydroxyl groups is 1. The summed E-state index contributed by atoms with van der Waals surface area (Å²) in [5.74, 6) is 0.876. The van der Waals surface area contributed by atoms with Crippen LogP contribution in [-0.4, -0.2) is 31.5 Å². The average Bonchev–Trinajstić information content (AvgIpc) is 2.58. The molecule has 0 amide bonds. The number of aryl methyl sites for hydroxylation is 1. The summed E-state index contributed by atoms with van der Waals surface area (Å²) in [5.41, 5.74) is 3.63. The summed E-state index contributed by atoms with van der Waals surface area (Å²) >= 11 is 0. The van der Waals surface area contributed by atoms with Gasteiger partial charge >= 0.3 is 0 Å². The van der Waals surface area contributed by atoms with Crippen molar-refractivity contribution in [1.82, 2.24) is 5.32 Å². The SMILES string of the molecule is Cc1ccc(COc2ccc(CNCCOCCO)cc2)cc1. The van der Waals surface area contributed by atoms with Gasteiger partial charge in [0.25, 0.3) is 0 Å². The van der Waals surface area contributed by atoms with Gasteiger partial charge in [0.1, 0.15) is 12.4 Å². The lowest BCUT2D eigenvalue weighted by molar-refractivity contribution is 0.0938. The summed E-state index contributed by atoms with van der Waals surface area (Å²) in [6, 6.07) is 16.5. The van der Waals surface area contributed by atoms with Gasteiger partial charge in [0.15, 0.2) is 0 Å². The van der Waals surface area contributed by atoms with Gasteiger partial charge in [0, 0.05) is 13.1 Å². The Kier molecular flexibility index (Phi) is 7.60. The Morgan fingerprint density at radius 3 is 2.30 bits per heavy atom. The molecule has 0 fully saturated rings. The fraction of sp³-hybridized carbons (Fsp3) is 0.368. The fourth-order valence-corrected chi connectivity index (χ4v) is 2.10. The zero-order valence-corrected chi connectivity index (χ0v) is 13.6. The van der Waals surface area contributed by atoms with Gasteiger partial charge in [0.05, 0.1) is 19.8 Å². The highest BCUT2D eigenvalue weighted by atomic mass is 16.5. The Morgan fingerprint density at radius 2 is 1.61 bits per heavy atom. The maximum absolute atomic E-state index is 8.60. The highest BCUT2D eigenvalue weighted by Gasteiger charge is 1.98. The molecule has 4 heteroatoms. The van der Waals surface area contributed by atoms with Crippen molar-refractivity contribution in [3.8, 4) is 5.75 Å². The fourth-order valence-electron chi connectivity index (χ4n) is 2.10. The summed E-state index contributed by atoms with van der Waals surface area (Å²) in [5, 5.41) is 11.9. The van der Waals surface area contributed by atoms with Crippen LogP contribution < -0.4 is 10.1 Å². The quantitative estimate of drug-likeness (QED) is 0.662. The molecule has 0 radical (unpaired) electrons. The third-order valence-electron chi connectivity index (χ3n) is 3.44. The van der Waals surface area contributed by atoms with E-state index in [-0.39, 0.29) is 6.61 Å². The zero-order valence-electron chi connectivity index (χ0n) is 13.6. The first-order chi connectivity index (χ1) is 11.3. The molecule has 2 aromatic rings. The molecule has 0 heterocycles. The summed E-state index contributed by atoms with van der Waals surface area (Å²) in [6.45, 7) is 5.31. The molecule has 0 aliphatic heterocycles. The Morgan fingerprint density at radius 1 is 0.913 bits per heavy atom. The lowest BCUT2D eigenvalue weighted by Gasteiger charge is -2.09. The topological polar surface area (TPSA) is 50.7 Å². The van der Waals surface area contributed by atoms with Crippen LogP contribution in [0.25, 0.3) is 0 Å². The Labute approximate surface area is 138 Å². The first kappa shape index (κ1) is 17.5. The predicted molar refractivity (Wildman–Crippen MR) is 91.6 cm³/mol. The van der Waals surface area contributed by atoms with E-state index in [1.54, 1.807) is 0 Å². The van der Waals surface area contributed by atoms with Crippen molar-refractivity contribution >= 4 is 0 Å². The predicted octanol–water partition coefficient (Wildman–Crippen LogP) is 2.67. The highest BCUT2D eigenvalue weighted by Crippen LogP contribution is 2.14. The number of aliphatic hydroxyl groups excluding tert-OH is 1. The molecule has 0 spiro atoms. The summed E-state index contributed by atoms with van der Waals surface area (Å²) < 4.78 is 11.0. The molecular formula is C19H25NO3. The third kappa shape index (κ3) is 6.82. The zero-order chi connectivity index (χ0) is 16.3. The second kappa shape index (κ2) is 10.0. The number of ether oxygens (including phenoxy) is 2. The van der Waals surface area contributed by atoms with Crippen molar-refractivity contribution in [2.45, 2.75) is 20.1 Å². The van der Waals surface area contributed by atoms with Crippen molar-refractivity contribution in [1.29, 1.82) is 0 Å². The summed E-state index contributed by atoms with van der Waals surface area (Å²) in [6.07, 6.45) is 0. The maximum atomic E-state index is 8.60. The normalized spacial score (nSPS) is 10.7. The van der Waals surface area contributed by atoms with Crippen LogP contribution in [0.4, 0.5) is 0 Å². The first-order valence-corrected chi connectivity index (χ1v) is 7.94. The van der Waals surface area contributed by atoms with Crippen LogP contribution in [0.3, 0.4) is 0 Å². The molecule has 2 aromatic carbocycles. The molecule has 0 saturated heterocycles. The Hall–Kier alpha value is -1.88. The molecule has 0 aliphatic rings. The molecule has 124 valence electrons. The monoisotopic (exact) mass is 315 g/mol. The number of hydrogen-bond donors (Lipinski definition) is 2. The van der Waals surface area contributed by atoms with Gasteiger partial charge in [-0.05, 0) is 30.2 Å². The molecular weight excluding hydrogens is 290 g/mol. The van der Waals surface area contributed by atoms with Crippen LogP contribution in [0.15, 0.2) is 48.5 Å². The van der Waals surface area contributed by atoms with E-state index in [0.29, 0.717) is 19.8 Å². The van der Waals surface area contributed by atoms with Crippen LogP contribution in [-0.2, 0) is 17.9 Å². The number of benzene rings is 2. The second-order valence-electron chi connectivity index (χ2n) is 5.43. The number of nitrogens with one attached hydrogen (secondary N) is 1. The van der Waals surface area contributed by atoms with Crippen molar-refractivity contribution in [3.63, 3.8) is 0 Å². The maximum Gasteiger partial charge on any atom is 0.119 e. The molecule has 0 aliphatic carbocycles. The number of hydrogen-bond acceptors (Lipinski definition) is 4. The van der Waals surface area contributed by atoms with E-state index in [1.165, 1.54) is 16.7 Å². The van der Waals surface area contributed by atoms with Crippen LogP contribution in [0.2, 0.25) is 0 Å². The van der Waals surface area contributed by atoms with Crippen molar-refractivity contribution in [3.05, 3.63) is 65.2 Å². The van der Waals surface area contributed by atoms with Crippen LogP contribution >= 0.6 is 0 Å². The molecule has 4 nitrogen and oxygen atoms in total. The van der Waals surface area contributed by atoms with E-state index in [0.717, 1.165) is 18.8 Å². The first-order valence-electron chi connectivity index (χ1n) is 7.94. The largest absolute Gasteiger partial charge is 0.489 e. The molecule has 0 aromatic heterocycles. The van der Waals surface area contributed by atoms with Crippen molar-refractivity contribution < 1.29 is 14.6 Å². The van der Waals surface area contributed by atoms with Gasteiger partial charge in [-0.1, -0.05) is 42.0 Å². The lowest BCUT2D eigenvalue weighted by Crippen LogP contribution is -2.19. The average molecular weight is 315 g/mol. The van der Waals surface area contributed by atoms with Crippen LogP contribution in [0, 0.1) is 6.92 Å². The van der Waals surface area contributed by atoms with Crippen LogP contribution in [0.5, 0.6) is 5.75 Å². The third-order valence-corrected chi connectivity index (χ3v) is 3.44. The molecule has 0 atom stereocenters. The van der Waals surface area contributed by atoms with Crippen LogP contribution in [0.1, 0.15) is 16.7 Å². The van der Waals surface area contributed by atoms with Crippen molar-refractivity contribution in [2.24, 2.45) is 0 Å².